The molecular formula is C36H34N2O3. The summed E-state index contributed by atoms with van der Waals surface area (Å²) in [6, 6.07) is 37.5. The van der Waals surface area contributed by atoms with Crippen LogP contribution in [0.5, 0.6) is 0 Å². The van der Waals surface area contributed by atoms with E-state index in [9.17, 15) is 9.90 Å². The van der Waals surface area contributed by atoms with E-state index in [4.69, 9.17) is 4.52 Å². The van der Waals surface area contributed by atoms with Crippen LogP contribution in [0.4, 0.5) is 0 Å². The van der Waals surface area contributed by atoms with Gasteiger partial charge in [0.15, 0.2) is 5.76 Å². The molecule has 0 aliphatic heterocycles. The summed E-state index contributed by atoms with van der Waals surface area (Å²) < 4.78 is 5.85. The van der Waals surface area contributed by atoms with E-state index in [1.807, 2.05) is 31.2 Å². The SMILES string of the molecule is Cc1noc(-c2ccc(-c3ccc(C4(C(=O)O)CC4)cc3)cc2)c1CCN(Cc1ccccc1)Cc1ccccc1. The van der Waals surface area contributed by atoms with Gasteiger partial charge in [-0.3, -0.25) is 9.69 Å². The first-order valence-corrected chi connectivity index (χ1v) is 14.2. The molecule has 0 bridgehead atoms. The van der Waals surface area contributed by atoms with Crippen molar-refractivity contribution < 1.29 is 14.4 Å². The van der Waals surface area contributed by atoms with Crippen LogP contribution in [0.1, 0.15) is 40.8 Å². The van der Waals surface area contributed by atoms with Gasteiger partial charge < -0.3 is 9.63 Å². The van der Waals surface area contributed by atoms with Crippen LogP contribution in [0.15, 0.2) is 114 Å². The van der Waals surface area contributed by atoms with Gasteiger partial charge in [-0.2, -0.15) is 0 Å². The van der Waals surface area contributed by atoms with Crippen molar-refractivity contribution in [3.05, 3.63) is 137 Å². The quantitative estimate of drug-likeness (QED) is 0.185. The van der Waals surface area contributed by atoms with Crippen LogP contribution in [0.2, 0.25) is 0 Å². The van der Waals surface area contributed by atoms with Crippen molar-refractivity contribution in [2.24, 2.45) is 0 Å². The van der Waals surface area contributed by atoms with Crippen molar-refractivity contribution in [2.75, 3.05) is 6.54 Å². The van der Waals surface area contributed by atoms with Crippen molar-refractivity contribution in [2.45, 2.75) is 44.7 Å². The highest BCUT2D eigenvalue weighted by atomic mass is 16.5. The Labute approximate surface area is 241 Å². The first-order valence-electron chi connectivity index (χ1n) is 14.2. The van der Waals surface area contributed by atoms with E-state index in [2.05, 4.69) is 95.0 Å². The topological polar surface area (TPSA) is 66.6 Å². The number of nitrogens with zero attached hydrogens (tertiary/aromatic N) is 2. The lowest BCUT2D eigenvalue weighted by Crippen LogP contribution is -2.25. The molecule has 1 aromatic heterocycles. The third kappa shape index (κ3) is 5.86. The Morgan fingerprint density at radius 2 is 1.29 bits per heavy atom. The predicted molar refractivity (Wildman–Crippen MR) is 161 cm³/mol. The minimum absolute atomic E-state index is 0.680. The van der Waals surface area contributed by atoms with Crippen LogP contribution >= 0.6 is 0 Å². The van der Waals surface area contributed by atoms with Gasteiger partial charge in [0.2, 0.25) is 0 Å². The Bertz CT molecular complexity index is 1560. The number of benzene rings is 4. The number of carboxylic acid groups (broad SMARTS) is 1. The highest BCUT2D eigenvalue weighted by Gasteiger charge is 2.51. The smallest absolute Gasteiger partial charge is 0.314 e. The monoisotopic (exact) mass is 542 g/mol. The van der Waals surface area contributed by atoms with Gasteiger partial charge in [0.1, 0.15) is 0 Å². The normalized spacial score (nSPS) is 13.8. The lowest BCUT2D eigenvalue weighted by molar-refractivity contribution is -0.140. The first-order chi connectivity index (χ1) is 20.0. The van der Waals surface area contributed by atoms with Gasteiger partial charge in [-0.1, -0.05) is 114 Å². The van der Waals surface area contributed by atoms with Crippen molar-refractivity contribution >= 4 is 5.97 Å². The predicted octanol–water partition coefficient (Wildman–Crippen LogP) is 7.68. The molecule has 6 rings (SSSR count). The largest absolute Gasteiger partial charge is 0.481 e. The second-order valence-corrected chi connectivity index (χ2v) is 11.0. The van der Waals surface area contributed by atoms with Crippen LogP contribution < -0.4 is 0 Å². The number of rotatable bonds is 11. The maximum atomic E-state index is 11.7. The zero-order valence-electron chi connectivity index (χ0n) is 23.3. The number of hydrogen-bond acceptors (Lipinski definition) is 4. The second-order valence-electron chi connectivity index (χ2n) is 11.0. The molecule has 5 nitrogen and oxygen atoms in total. The minimum atomic E-state index is -0.726. The zero-order chi connectivity index (χ0) is 28.2. The molecule has 0 unspecified atom stereocenters. The third-order valence-corrected chi connectivity index (χ3v) is 8.24. The number of aromatic nitrogens is 1. The molecule has 206 valence electrons. The summed E-state index contributed by atoms with van der Waals surface area (Å²) >= 11 is 0. The molecule has 1 fully saturated rings. The van der Waals surface area contributed by atoms with Gasteiger partial charge in [-0.05, 0) is 54.0 Å². The van der Waals surface area contributed by atoms with E-state index in [1.165, 1.54) is 11.1 Å². The van der Waals surface area contributed by atoms with E-state index < -0.39 is 11.4 Å². The molecule has 0 atom stereocenters. The van der Waals surface area contributed by atoms with E-state index >= 15 is 0 Å². The highest BCUT2D eigenvalue weighted by molar-refractivity contribution is 5.85. The molecule has 4 aromatic carbocycles. The van der Waals surface area contributed by atoms with Gasteiger partial charge in [0, 0.05) is 30.8 Å². The Morgan fingerprint density at radius 3 is 1.80 bits per heavy atom. The summed E-state index contributed by atoms with van der Waals surface area (Å²) in [4.78, 5) is 14.1. The molecule has 1 heterocycles. The lowest BCUT2D eigenvalue weighted by atomic mass is 9.93. The maximum absolute atomic E-state index is 11.7. The van der Waals surface area contributed by atoms with Crippen LogP contribution in [0.25, 0.3) is 22.5 Å². The van der Waals surface area contributed by atoms with Gasteiger partial charge in [0.05, 0.1) is 11.1 Å². The standard InChI is InChI=1S/C36H34N2O3/c1-26-33(20-23-38(24-27-8-4-2-5-9-27)25-28-10-6-3-7-11-28)34(41-37-26)31-14-12-29(13-15-31)30-16-18-32(19-17-30)36(21-22-36)35(39)40/h2-19H,20-25H2,1H3,(H,39,40). The molecule has 5 heteroatoms. The molecule has 0 saturated heterocycles. The van der Waals surface area contributed by atoms with Crippen LogP contribution in [-0.2, 0) is 29.7 Å². The molecule has 41 heavy (non-hydrogen) atoms. The Morgan fingerprint density at radius 1 is 0.780 bits per heavy atom. The highest BCUT2D eigenvalue weighted by Crippen LogP contribution is 2.48. The third-order valence-electron chi connectivity index (χ3n) is 8.24. The molecule has 0 spiro atoms. The first kappa shape index (κ1) is 26.7. The van der Waals surface area contributed by atoms with Crippen LogP contribution in [0, 0.1) is 6.92 Å². The summed E-state index contributed by atoms with van der Waals surface area (Å²) in [5.74, 6) is 0.0944. The number of aryl methyl sites for hydroxylation is 1. The summed E-state index contributed by atoms with van der Waals surface area (Å²) in [5.41, 5.74) is 8.00. The van der Waals surface area contributed by atoms with Crippen molar-refractivity contribution in [1.82, 2.24) is 10.1 Å². The van der Waals surface area contributed by atoms with Crippen molar-refractivity contribution in [1.29, 1.82) is 0 Å². The van der Waals surface area contributed by atoms with Crippen molar-refractivity contribution in [3.8, 4) is 22.5 Å². The fraction of sp³-hybridized carbons (Fsp3) is 0.222. The minimum Gasteiger partial charge on any atom is -0.481 e. The molecule has 0 amide bonds. The van der Waals surface area contributed by atoms with Crippen molar-refractivity contribution in [3.63, 3.8) is 0 Å². The summed E-state index contributed by atoms with van der Waals surface area (Å²) in [5, 5.41) is 13.9. The fourth-order valence-electron chi connectivity index (χ4n) is 5.62. The molecule has 0 radical (unpaired) electrons. The molecule has 1 aliphatic carbocycles. The Hall–Kier alpha value is -4.48. The summed E-state index contributed by atoms with van der Waals surface area (Å²) in [6.07, 6.45) is 2.26. The molecular weight excluding hydrogens is 508 g/mol. The van der Waals surface area contributed by atoms with Crippen LogP contribution in [-0.4, -0.2) is 27.7 Å². The lowest BCUT2D eigenvalue weighted by Gasteiger charge is -2.23. The van der Waals surface area contributed by atoms with Crippen LogP contribution in [0.3, 0.4) is 0 Å². The number of carbonyl (C=O) groups is 1. The van der Waals surface area contributed by atoms with Gasteiger partial charge >= 0.3 is 5.97 Å². The Kier molecular flexibility index (Phi) is 7.53. The van der Waals surface area contributed by atoms with Gasteiger partial charge in [-0.25, -0.2) is 0 Å². The number of aliphatic carboxylic acids is 1. The van der Waals surface area contributed by atoms with Gasteiger partial charge in [-0.15, -0.1) is 0 Å². The molecule has 1 N–H and O–H groups in total. The van der Waals surface area contributed by atoms with E-state index in [-0.39, 0.29) is 0 Å². The summed E-state index contributed by atoms with van der Waals surface area (Å²) in [6.45, 7) is 4.63. The zero-order valence-corrected chi connectivity index (χ0v) is 23.3. The number of carboxylic acids is 1. The van der Waals surface area contributed by atoms with E-state index in [0.29, 0.717) is 12.8 Å². The maximum Gasteiger partial charge on any atom is 0.314 e. The van der Waals surface area contributed by atoms with E-state index in [1.54, 1.807) is 0 Å². The Balaban J connectivity index is 1.18. The molecule has 1 saturated carbocycles. The average molecular weight is 543 g/mol. The fourth-order valence-corrected chi connectivity index (χ4v) is 5.62. The molecule has 1 aliphatic rings. The summed E-state index contributed by atoms with van der Waals surface area (Å²) in [7, 11) is 0. The average Bonchev–Trinajstić information content (AvgIpc) is 3.75. The number of hydrogen-bond donors (Lipinski definition) is 1. The van der Waals surface area contributed by atoms with E-state index in [0.717, 1.165) is 65.3 Å². The molecule has 5 aromatic rings. The van der Waals surface area contributed by atoms with Gasteiger partial charge in [0.25, 0.3) is 0 Å². The second kappa shape index (κ2) is 11.6.